The second-order valence-electron chi connectivity index (χ2n) is 17.6. The highest BCUT2D eigenvalue weighted by atomic mass is 19.3. The van der Waals surface area contributed by atoms with Crippen LogP contribution in [0.2, 0.25) is 0 Å². The highest BCUT2D eigenvalue weighted by molar-refractivity contribution is 6.07. The van der Waals surface area contributed by atoms with E-state index in [4.69, 9.17) is 9.47 Å². The number of carboxylic acid groups (broad SMARTS) is 3. The Morgan fingerprint density at radius 3 is 1.83 bits per heavy atom. The van der Waals surface area contributed by atoms with Gasteiger partial charge in [-0.15, -0.1) is 0 Å². The summed E-state index contributed by atoms with van der Waals surface area (Å²) in [6, 6.07) is 12.8. The van der Waals surface area contributed by atoms with Gasteiger partial charge >= 0.3 is 17.9 Å². The zero-order valence-electron chi connectivity index (χ0n) is 39.1. The number of fused-ring (bicyclic) bond motifs is 1. The largest absolute Gasteiger partial charge is 0.493 e. The molecule has 378 valence electrons. The number of pyridine rings is 1. The third kappa shape index (κ3) is 15.2. The molecule has 1 aromatic heterocycles. The number of nitrogens with zero attached hydrogens (tertiary/aromatic N) is 9. The summed E-state index contributed by atoms with van der Waals surface area (Å²) in [6.45, 7) is 3.75. The zero-order valence-corrected chi connectivity index (χ0v) is 39.1. The average molecular weight is 979 g/mol. The smallest absolute Gasteiger partial charge is 0.317 e. The number of aliphatic carboxylic acids is 3. The number of likely N-dealkylation sites (tertiary alicyclic amines) is 1. The molecule has 3 aliphatic heterocycles. The Morgan fingerprint density at radius 1 is 0.729 bits per heavy atom. The summed E-state index contributed by atoms with van der Waals surface area (Å²) < 4.78 is 39.7. The van der Waals surface area contributed by atoms with Gasteiger partial charge in [-0.2, -0.15) is 5.26 Å². The van der Waals surface area contributed by atoms with Crippen LogP contribution in [0.25, 0.3) is 22.0 Å². The van der Waals surface area contributed by atoms with Crippen LogP contribution in [-0.4, -0.2) is 240 Å². The van der Waals surface area contributed by atoms with E-state index in [1.54, 1.807) is 43.9 Å². The molecule has 23 heteroatoms. The van der Waals surface area contributed by atoms with Gasteiger partial charge in [-0.3, -0.25) is 58.3 Å². The second kappa shape index (κ2) is 24.8. The van der Waals surface area contributed by atoms with Gasteiger partial charge in [-0.25, -0.2) is 8.78 Å². The van der Waals surface area contributed by atoms with Crippen molar-refractivity contribution in [2.45, 2.75) is 24.8 Å². The van der Waals surface area contributed by atoms with Crippen molar-refractivity contribution in [2.24, 2.45) is 0 Å². The molecule has 0 unspecified atom stereocenters. The van der Waals surface area contributed by atoms with Crippen LogP contribution in [0, 0.1) is 11.3 Å². The van der Waals surface area contributed by atoms with Crippen LogP contribution in [0.5, 0.6) is 11.5 Å². The van der Waals surface area contributed by atoms with E-state index in [1.807, 2.05) is 23.1 Å². The number of hydrogen-bond acceptors (Lipinski definition) is 15. The van der Waals surface area contributed by atoms with E-state index < -0.39 is 61.2 Å². The fourth-order valence-corrected chi connectivity index (χ4v) is 8.81. The number of nitriles is 1. The lowest BCUT2D eigenvalue weighted by Crippen LogP contribution is -2.53. The highest BCUT2D eigenvalue weighted by Gasteiger charge is 2.47. The number of carboxylic acids is 3. The molecular formula is C47H60F2N10O11. The molecule has 4 N–H and O–H groups in total. The van der Waals surface area contributed by atoms with E-state index in [1.165, 1.54) is 19.4 Å². The average Bonchev–Trinajstić information content (AvgIpc) is 3.66. The summed E-state index contributed by atoms with van der Waals surface area (Å²) in [5.74, 6) is -6.71. The minimum atomic E-state index is -3.18. The molecule has 0 aliphatic carbocycles. The number of benzene rings is 2. The molecule has 3 amide bonds. The summed E-state index contributed by atoms with van der Waals surface area (Å²) in [7, 11) is 1.54. The van der Waals surface area contributed by atoms with Gasteiger partial charge in [-0.1, -0.05) is 12.1 Å². The molecule has 0 saturated carbocycles. The molecule has 3 fully saturated rings. The molecule has 3 saturated heterocycles. The second-order valence-corrected chi connectivity index (χ2v) is 17.6. The van der Waals surface area contributed by atoms with Crippen molar-refractivity contribution in [3.05, 3.63) is 54.2 Å². The summed E-state index contributed by atoms with van der Waals surface area (Å²) in [5.41, 5.74) is 2.22. The molecule has 6 rings (SSSR count). The van der Waals surface area contributed by atoms with Gasteiger partial charge in [0.15, 0.2) is 11.5 Å². The first-order valence-corrected chi connectivity index (χ1v) is 23.1. The Hall–Kier alpha value is -6.58. The number of alkyl halides is 2. The van der Waals surface area contributed by atoms with Crippen LogP contribution in [-0.2, 0) is 24.0 Å². The van der Waals surface area contributed by atoms with Gasteiger partial charge in [0.25, 0.3) is 11.8 Å². The van der Waals surface area contributed by atoms with Crippen molar-refractivity contribution in [3.8, 4) is 28.7 Å². The van der Waals surface area contributed by atoms with E-state index in [0.717, 1.165) is 16.0 Å². The fraction of sp³-hybridized carbons (Fsp3) is 0.532. The summed E-state index contributed by atoms with van der Waals surface area (Å²) >= 11 is 0. The van der Waals surface area contributed by atoms with Gasteiger partial charge in [0.2, 0.25) is 11.8 Å². The quantitative estimate of drug-likeness (QED) is 0.129. The van der Waals surface area contributed by atoms with Crippen LogP contribution >= 0.6 is 0 Å². The van der Waals surface area contributed by atoms with Crippen molar-refractivity contribution in [1.82, 2.24) is 44.6 Å². The fourth-order valence-electron chi connectivity index (χ4n) is 8.81. The van der Waals surface area contributed by atoms with Crippen molar-refractivity contribution in [1.29, 1.82) is 5.26 Å². The molecular weight excluding hydrogens is 919 g/mol. The Labute approximate surface area is 403 Å². The van der Waals surface area contributed by atoms with E-state index in [-0.39, 0.29) is 50.7 Å². The number of aromatic nitrogens is 1. The molecule has 21 nitrogen and oxygen atoms in total. The summed E-state index contributed by atoms with van der Waals surface area (Å²) in [5, 5.41) is 40.8. The number of carbonyl (C=O) groups excluding carboxylic acids is 3. The number of amides is 3. The lowest BCUT2D eigenvalue weighted by atomic mass is 10.00. The van der Waals surface area contributed by atoms with Crippen molar-refractivity contribution in [2.75, 3.05) is 138 Å². The highest BCUT2D eigenvalue weighted by Crippen LogP contribution is 2.35. The molecule has 70 heavy (non-hydrogen) atoms. The number of methoxy groups -OCH3 is 1. The summed E-state index contributed by atoms with van der Waals surface area (Å²) in [6.07, 6.45) is 1.37. The Morgan fingerprint density at radius 2 is 1.27 bits per heavy atom. The molecule has 0 spiro atoms. The SMILES string of the molecule is COc1ccc(-c2ccc3nccc(C(=O)NCC(=O)N4CC(F)(F)C[C@H]4C#N)c3c2)cc1OCCCN1CCN(C(=O)CN2CCN(CC(=O)O)CCN(CC(=O)O)CCN(CC(=O)O)CC2)CC1. The van der Waals surface area contributed by atoms with Crippen LogP contribution in [0.3, 0.4) is 0 Å². The van der Waals surface area contributed by atoms with Gasteiger partial charge < -0.3 is 39.9 Å². The Balaban J connectivity index is 1.000. The third-order valence-electron chi connectivity index (χ3n) is 12.6. The number of carbonyl (C=O) groups is 6. The van der Waals surface area contributed by atoms with Crippen molar-refractivity contribution in [3.63, 3.8) is 0 Å². The molecule has 4 heterocycles. The van der Waals surface area contributed by atoms with Gasteiger partial charge in [0.05, 0.1) is 70.1 Å². The van der Waals surface area contributed by atoms with Crippen LogP contribution in [0.15, 0.2) is 48.7 Å². The molecule has 3 aliphatic rings. The number of rotatable bonds is 18. The standard InChI is InChI=1S/C47H60F2N10O11/c1-69-39-6-4-34(33-3-5-38-37(23-33)36(7-8-51-38)46(68)52-27-41(60)59-32-47(48,49)25-35(59)26-50)24-40(39)70-22-2-9-53-18-20-58(21-19-53)42(61)28-54-10-12-55(29-43(62)63)14-16-57(31-45(66)67)17-15-56(13-11-54)30-44(64)65/h3-8,23-24,35H,2,9-22,25,27-32H2,1H3,(H,52,68)(H,62,63)(H,64,65)(H,66,67)/t35-/m0/s1. The third-order valence-corrected chi connectivity index (χ3v) is 12.6. The number of ether oxygens (including phenoxy) is 2. The maximum Gasteiger partial charge on any atom is 0.317 e. The van der Waals surface area contributed by atoms with Gasteiger partial charge in [0, 0.05) is 103 Å². The van der Waals surface area contributed by atoms with Crippen molar-refractivity contribution < 1.29 is 62.3 Å². The maximum atomic E-state index is 13.9. The molecule has 0 bridgehead atoms. The lowest BCUT2D eigenvalue weighted by molar-refractivity contribution is -0.141. The maximum absolute atomic E-state index is 13.9. The minimum Gasteiger partial charge on any atom is -0.493 e. The van der Waals surface area contributed by atoms with E-state index in [0.29, 0.717) is 107 Å². The predicted molar refractivity (Wildman–Crippen MR) is 249 cm³/mol. The Bertz CT molecular complexity index is 2370. The first-order chi connectivity index (χ1) is 33.5. The first-order valence-electron chi connectivity index (χ1n) is 23.1. The summed E-state index contributed by atoms with van der Waals surface area (Å²) in [4.78, 5) is 90.8. The van der Waals surface area contributed by atoms with E-state index in [2.05, 4.69) is 15.2 Å². The van der Waals surface area contributed by atoms with Crippen LogP contribution < -0.4 is 14.8 Å². The number of nitrogens with one attached hydrogen (secondary N) is 1. The molecule has 0 radical (unpaired) electrons. The van der Waals surface area contributed by atoms with Gasteiger partial charge in [-0.05, 0) is 47.9 Å². The van der Waals surface area contributed by atoms with E-state index >= 15 is 0 Å². The monoisotopic (exact) mass is 978 g/mol. The first kappa shape index (κ1) is 52.8. The normalized spacial score (nSPS) is 19.1. The lowest BCUT2D eigenvalue weighted by Gasteiger charge is -2.37. The van der Waals surface area contributed by atoms with Crippen LogP contribution in [0.4, 0.5) is 8.78 Å². The Kier molecular flexibility index (Phi) is 18.7. The number of hydrogen-bond donors (Lipinski definition) is 4. The predicted octanol–water partition coefficient (Wildman–Crippen LogP) is 0.788. The topological polar surface area (TPSA) is 253 Å². The number of piperazine rings is 1. The van der Waals surface area contributed by atoms with Crippen LogP contribution in [0.1, 0.15) is 23.2 Å². The zero-order chi connectivity index (χ0) is 50.4. The van der Waals surface area contributed by atoms with Gasteiger partial charge in [0.1, 0.15) is 6.04 Å². The molecule has 2 aromatic carbocycles. The minimum absolute atomic E-state index is 0.0776. The number of halogens is 2. The molecule has 1 atom stereocenters. The molecule has 3 aromatic rings. The van der Waals surface area contributed by atoms with E-state index in [9.17, 15) is 58.1 Å². The van der Waals surface area contributed by atoms with Crippen molar-refractivity contribution >= 4 is 46.5 Å².